The number of hydrogen-bond acceptors (Lipinski definition) is 3. The number of amides is 2. The summed E-state index contributed by atoms with van der Waals surface area (Å²) in [5.74, 6) is 0.343. The van der Waals surface area contributed by atoms with Gasteiger partial charge < -0.3 is 19.7 Å². The number of nitrogens with zero attached hydrogens (tertiary/aromatic N) is 1. The standard InChI is InChI=1S/C16H30N2O3/c1-4-13(5-2)11-17-15(19)18-8-6-7-14(12-18)16(3)20-9-10-21-16/h13-14H,4-12H2,1-3H3,(H,17,19)/t14-/m0/s1. The van der Waals surface area contributed by atoms with Gasteiger partial charge in [0.2, 0.25) is 0 Å². The number of likely N-dealkylation sites (tertiary alicyclic amines) is 1. The van der Waals surface area contributed by atoms with E-state index in [2.05, 4.69) is 19.2 Å². The fourth-order valence-electron chi connectivity index (χ4n) is 3.28. The Kier molecular flexibility index (Phi) is 5.88. The van der Waals surface area contributed by atoms with Crippen molar-refractivity contribution in [3.63, 3.8) is 0 Å². The fraction of sp³-hybridized carbons (Fsp3) is 0.938. The SMILES string of the molecule is CCC(CC)CNC(=O)N1CCC[C@H](C2(C)OCCO2)C1. The number of urea groups is 1. The molecule has 0 bridgehead atoms. The van der Waals surface area contributed by atoms with E-state index in [0.717, 1.165) is 45.3 Å². The van der Waals surface area contributed by atoms with Gasteiger partial charge in [-0.1, -0.05) is 26.7 Å². The third-order valence-electron chi connectivity index (χ3n) is 5.01. The first-order valence-electron chi connectivity index (χ1n) is 8.39. The molecule has 0 aromatic carbocycles. The Balaban J connectivity index is 1.84. The summed E-state index contributed by atoms with van der Waals surface area (Å²) in [6.07, 6.45) is 4.30. The predicted octanol–water partition coefficient (Wildman–Crippen LogP) is 2.61. The summed E-state index contributed by atoms with van der Waals surface area (Å²) in [5.41, 5.74) is 0. The molecule has 0 aliphatic carbocycles. The van der Waals surface area contributed by atoms with E-state index < -0.39 is 5.79 Å². The van der Waals surface area contributed by atoms with Crippen molar-refractivity contribution >= 4 is 6.03 Å². The maximum absolute atomic E-state index is 12.3. The zero-order chi connectivity index (χ0) is 15.3. The maximum atomic E-state index is 12.3. The van der Waals surface area contributed by atoms with E-state index in [1.54, 1.807) is 0 Å². The van der Waals surface area contributed by atoms with Crippen LogP contribution in [0.4, 0.5) is 4.79 Å². The molecule has 5 heteroatoms. The van der Waals surface area contributed by atoms with Gasteiger partial charge in [-0.25, -0.2) is 4.79 Å². The van der Waals surface area contributed by atoms with Crippen molar-refractivity contribution in [2.45, 2.75) is 52.2 Å². The Morgan fingerprint density at radius 3 is 2.62 bits per heavy atom. The number of hydrogen-bond donors (Lipinski definition) is 1. The molecule has 1 atom stereocenters. The van der Waals surface area contributed by atoms with Crippen molar-refractivity contribution in [2.75, 3.05) is 32.8 Å². The zero-order valence-electron chi connectivity index (χ0n) is 13.7. The fourth-order valence-corrected chi connectivity index (χ4v) is 3.28. The lowest BCUT2D eigenvalue weighted by molar-refractivity contribution is -0.189. The van der Waals surface area contributed by atoms with Crippen LogP contribution in [-0.4, -0.2) is 49.6 Å². The Bertz CT molecular complexity index is 338. The molecule has 2 saturated heterocycles. The second-order valence-corrected chi connectivity index (χ2v) is 6.37. The van der Waals surface area contributed by atoms with E-state index in [1.807, 2.05) is 11.8 Å². The van der Waals surface area contributed by atoms with Crippen LogP contribution in [0, 0.1) is 11.8 Å². The van der Waals surface area contributed by atoms with Gasteiger partial charge in [-0.3, -0.25) is 0 Å². The Morgan fingerprint density at radius 1 is 1.33 bits per heavy atom. The number of piperidine rings is 1. The van der Waals surface area contributed by atoms with E-state index in [-0.39, 0.29) is 11.9 Å². The summed E-state index contributed by atoms with van der Waals surface area (Å²) < 4.78 is 11.5. The van der Waals surface area contributed by atoms with Crippen LogP contribution < -0.4 is 5.32 Å². The minimum atomic E-state index is -0.506. The highest BCUT2D eigenvalue weighted by Gasteiger charge is 2.42. The molecule has 122 valence electrons. The highest BCUT2D eigenvalue weighted by Crippen LogP contribution is 2.34. The first kappa shape index (κ1) is 16.6. The predicted molar refractivity (Wildman–Crippen MR) is 82.1 cm³/mol. The molecule has 0 saturated carbocycles. The van der Waals surface area contributed by atoms with E-state index in [0.29, 0.717) is 19.1 Å². The largest absolute Gasteiger partial charge is 0.347 e. The molecule has 0 unspecified atom stereocenters. The molecule has 2 amide bonds. The Morgan fingerprint density at radius 2 is 2.00 bits per heavy atom. The molecule has 1 N–H and O–H groups in total. The molecule has 0 aromatic rings. The van der Waals surface area contributed by atoms with Crippen LogP contribution in [0.15, 0.2) is 0 Å². The van der Waals surface area contributed by atoms with E-state index >= 15 is 0 Å². The zero-order valence-corrected chi connectivity index (χ0v) is 13.7. The van der Waals surface area contributed by atoms with Gasteiger partial charge in [0.05, 0.1) is 13.2 Å². The van der Waals surface area contributed by atoms with Gasteiger partial charge >= 0.3 is 6.03 Å². The van der Waals surface area contributed by atoms with Crippen LogP contribution in [0.2, 0.25) is 0 Å². The summed E-state index contributed by atoms with van der Waals surface area (Å²) in [4.78, 5) is 14.3. The second kappa shape index (κ2) is 7.45. The average Bonchev–Trinajstić information content (AvgIpc) is 2.96. The van der Waals surface area contributed by atoms with Crippen LogP contribution >= 0.6 is 0 Å². The van der Waals surface area contributed by atoms with Gasteiger partial charge in [-0.05, 0) is 25.7 Å². The minimum Gasteiger partial charge on any atom is -0.347 e. The van der Waals surface area contributed by atoms with Crippen molar-refractivity contribution in [1.29, 1.82) is 0 Å². The molecule has 0 spiro atoms. The Labute approximate surface area is 128 Å². The molecule has 2 heterocycles. The number of carbonyl (C=O) groups is 1. The molecular weight excluding hydrogens is 268 g/mol. The molecule has 21 heavy (non-hydrogen) atoms. The van der Waals surface area contributed by atoms with Crippen LogP contribution in [0.3, 0.4) is 0 Å². The van der Waals surface area contributed by atoms with E-state index in [1.165, 1.54) is 0 Å². The van der Waals surface area contributed by atoms with Crippen LogP contribution in [-0.2, 0) is 9.47 Å². The van der Waals surface area contributed by atoms with Crippen molar-refractivity contribution in [1.82, 2.24) is 10.2 Å². The lowest BCUT2D eigenvalue weighted by atomic mass is 9.90. The molecule has 2 aliphatic rings. The quantitative estimate of drug-likeness (QED) is 0.849. The van der Waals surface area contributed by atoms with Crippen molar-refractivity contribution in [2.24, 2.45) is 11.8 Å². The van der Waals surface area contributed by atoms with Crippen molar-refractivity contribution < 1.29 is 14.3 Å². The molecule has 0 aromatic heterocycles. The molecule has 2 fully saturated rings. The summed E-state index contributed by atoms with van der Waals surface area (Å²) >= 11 is 0. The van der Waals surface area contributed by atoms with Crippen LogP contribution in [0.5, 0.6) is 0 Å². The molecule has 2 aliphatic heterocycles. The van der Waals surface area contributed by atoms with Gasteiger partial charge in [0, 0.05) is 25.6 Å². The first-order chi connectivity index (χ1) is 10.1. The minimum absolute atomic E-state index is 0.0631. The van der Waals surface area contributed by atoms with Gasteiger partial charge in [-0.15, -0.1) is 0 Å². The first-order valence-corrected chi connectivity index (χ1v) is 8.39. The summed E-state index contributed by atoms with van der Waals surface area (Å²) in [7, 11) is 0. The average molecular weight is 298 g/mol. The van der Waals surface area contributed by atoms with Gasteiger partial charge in [0.15, 0.2) is 5.79 Å². The highest BCUT2D eigenvalue weighted by molar-refractivity contribution is 5.74. The monoisotopic (exact) mass is 298 g/mol. The third-order valence-corrected chi connectivity index (χ3v) is 5.01. The third kappa shape index (κ3) is 4.10. The maximum Gasteiger partial charge on any atom is 0.317 e. The van der Waals surface area contributed by atoms with E-state index in [9.17, 15) is 4.79 Å². The summed E-state index contributed by atoms with van der Waals surface area (Å²) in [6.45, 7) is 10.0. The molecule has 2 rings (SSSR count). The van der Waals surface area contributed by atoms with Crippen molar-refractivity contribution in [3.05, 3.63) is 0 Å². The molecule has 0 radical (unpaired) electrons. The topological polar surface area (TPSA) is 50.8 Å². The smallest absolute Gasteiger partial charge is 0.317 e. The normalized spacial score (nSPS) is 25.3. The Hall–Kier alpha value is -0.810. The molecular formula is C16H30N2O3. The summed E-state index contributed by atoms with van der Waals surface area (Å²) in [6, 6.07) is 0.0631. The van der Waals surface area contributed by atoms with E-state index in [4.69, 9.17) is 9.47 Å². The van der Waals surface area contributed by atoms with Gasteiger partial charge in [0.1, 0.15) is 0 Å². The van der Waals surface area contributed by atoms with Crippen LogP contribution in [0.1, 0.15) is 46.5 Å². The van der Waals surface area contributed by atoms with Crippen molar-refractivity contribution in [3.8, 4) is 0 Å². The number of ether oxygens (including phenoxy) is 2. The number of carbonyl (C=O) groups excluding carboxylic acids is 1. The summed E-state index contributed by atoms with van der Waals surface area (Å²) in [5, 5.41) is 3.08. The lowest BCUT2D eigenvalue weighted by Gasteiger charge is -2.39. The molecule has 5 nitrogen and oxygen atoms in total. The number of nitrogens with one attached hydrogen (secondary N) is 1. The van der Waals surface area contributed by atoms with Crippen LogP contribution in [0.25, 0.3) is 0 Å². The number of rotatable bonds is 5. The lowest BCUT2D eigenvalue weighted by Crippen LogP contribution is -2.51. The van der Waals surface area contributed by atoms with Gasteiger partial charge in [-0.2, -0.15) is 0 Å². The van der Waals surface area contributed by atoms with Gasteiger partial charge in [0.25, 0.3) is 0 Å². The highest BCUT2D eigenvalue weighted by atomic mass is 16.7. The second-order valence-electron chi connectivity index (χ2n) is 6.37.